The molecule has 2 N–H and O–H groups in total. The largest absolute Gasteiger partial charge is 0.480 e. The molecule has 114 valence electrons. The summed E-state index contributed by atoms with van der Waals surface area (Å²) in [5.41, 5.74) is 0. The van der Waals surface area contributed by atoms with Crippen LogP contribution in [-0.4, -0.2) is 45.7 Å². The molecule has 2 amide bonds. The summed E-state index contributed by atoms with van der Waals surface area (Å²) in [4.78, 5) is 25.2. The van der Waals surface area contributed by atoms with Gasteiger partial charge in [-0.05, 0) is 25.2 Å². The molecule has 6 heteroatoms. The third-order valence-corrected chi connectivity index (χ3v) is 5.52. The van der Waals surface area contributed by atoms with Crippen LogP contribution in [0, 0.1) is 5.92 Å². The first-order valence-corrected chi connectivity index (χ1v) is 8.59. The summed E-state index contributed by atoms with van der Waals surface area (Å²) >= 11 is 1.58. The number of amides is 2. The van der Waals surface area contributed by atoms with E-state index in [0.717, 1.165) is 12.8 Å². The van der Waals surface area contributed by atoms with Gasteiger partial charge in [0.1, 0.15) is 6.04 Å². The van der Waals surface area contributed by atoms with Gasteiger partial charge in [-0.1, -0.05) is 26.2 Å². The Morgan fingerprint density at radius 3 is 2.65 bits per heavy atom. The zero-order chi connectivity index (χ0) is 14.5. The summed E-state index contributed by atoms with van der Waals surface area (Å²) in [6.07, 6.45) is 6.65. The summed E-state index contributed by atoms with van der Waals surface area (Å²) in [5, 5.41) is 12.2. The molecule has 0 aromatic carbocycles. The van der Waals surface area contributed by atoms with Gasteiger partial charge in [0.05, 0.1) is 5.37 Å². The zero-order valence-corrected chi connectivity index (χ0v) is 12.8. The molecule has 0 aromatic heterocycles. The van der Waals surface area contributed by atoms with Gasteiger partial charge in [-0.25, -0.2) is 9.59 Å². The molecule has 2 aliphatic rings. The number of carboxylic acid groups (broad SMARTS) is 1. The van der Waals surface area contributed by atoms with Crippen molar-refractivity contribution in [2.24, 2.45) is 5.92 Å². The standard InChI is InChI=1S/C14H24N2O3S/c1-2-5-12-16(11(9-20-12)13(17)18)14(19)15-8-10-6-3-4-7-10/h10-12H,2-9H2,1H3,(H,15,19)(H,17,18). The van der Waals surface area contributed by atoms with Crippen molar-refractivity contribution in [2.75, 3.05) is 12.3 Å². The van der Waals surface area contributed by atoms with Crippen LogP contribution in [-0.2, 0) is 4.79 Å². The van der Waals surface area contributed by atoms with Crippen molar-refractivity contribution >= 4 is 23.8 Å². The Morgan fingerprint density at radius 1 is 1.35 bits per heavy atom. The van der Waals surface area contributed by atoms with Crippen LogP contribution in [0.15, 0.2) is 0 Å². The maximum Gasteiger partial charge on any atom is 0.327 e. The lowest BCUT2D eigenvalue weighted by atomic mass is 10.1. The number of carbonyl (C=O) groups excluding carboxylic acids is 1. The maximum atomic E-state index is 12.3. The van der Waals surface area contributed by atoms with Crippen molar-refractivity contribution in [2.45, 2.75) is 56.9 Å². The molecule has 2 rings (SSSR count). The van der Waals surface area contributed by atoms with Crippen molar-refractivity contribution in [1.29, 1.82) is 0 Å². The first-order valence-electron chi connectivity index (χ1n) is 7.54. The maximum absolute atomic E-state index is 12.3. The minimum absolute atomic E-state index is 0.00433. The summed E-state index contributed by atoms with van der Waals surface area (Å²) in [5.74, 6) is 0.172. The Hall–Kier alpha value is -0.910. The summed E-state index contributed by atoms with van der Waals surface area (Å²) in [6.45, 7) is 2.74. The molecule has 1 aliphatic carbocycles. The average molecular weight is 300 g/mol. The average Bonchev–Trinajstić information content (AvgIpc) is 3.05. The number of carboxylic acids is 1. The fourth-order valence-corrected chi connectivity index (χ4v) is 4.55. The van der Waals surface area contributed by atoms with Crippen molar-refractivity contribution in [3.8, 4) is 0 Å². The first-order chi connectivity index (χ1) is 9.63. The van der Waals surface area contributed by atoms with Gasteiger partial charge in [0, 0.05) is 12.3 Å². The third-order valence-electron chi connectivity index (χ3n) is 4.16. The normalized spacial score (nSPS) is 26.9. The topological polar surface area (TPSA) is 69.6 Å². The van der Waals surface area contributed by atoms with E-state index in [0.29, 0.717) is 18.2 Å². The van der Waals surface area contributed by atoms with Crippen LogP contribution in [0.2, 0.25) is 0 Å². The lowest BCUT2D eigenvalue weighted by Gasteiger charge is -2.28. The van der Waals surface area contributed by atoms with Crippen LogP contribution in [0.25, 0.3) is 0 Å². The number of rotatable bonds is 5. The van der Waals surface area contributed by atoms with Crippen LogP contribution >= 0.6 is 11.8 Å². The highest BCUT2D eigenvalue weighted by Crippen LogP contribution is 2.32. The monoisotopic (exact) mass is 300 g/mol. The molecule has 5 nitrogen and oxygen atoms in total. The van der Waals surface area contributed by atoms with Crippen molar-refractivity contribution in [3.05, 3.63) is 0 Å². The molecule has 2 atom stereocenters. The van der Waals surface area contributed by atoms with Crippen LogP contribution in [0.1, 0.15) is 45.4 Å². The molecule has 20 heavy (non-hydrogen) atoms. The minimum atomic E-state index is -0.896. The van der Waals surface area contributed by atoms with Crippen molar-refractivity contribution in [3.63, 3.8) is 0 Å². The summed E-state index contributed by atoms with van der Waals surface area (Å²) < 4.78 is 0. The molecule has 0 radical (unpaired) electrons. The van der Waals surface area contributed by atoms with E-state index < -0.39 is 12.0 Å². The molecule has 2 fully saturated rings. The number of nitrogens with zero attached hydrogens (tertiary/aromatic N) is 1. The third kappa shape index (κ3) is 3.59. The number of thioether (sulfide) groups is 1. The van der Waals surface area contributed by atoms with Crippen LogP contribution in [0.5, 0.6) is 0 Å². The smallest absolute Gasteiger partial charge is 0.327 e. The zero-order valence-electron chi connectivity index (χ0n) is 12.0. The first kappa shape index (κ1) is 15.5. The second-order valence-electron chi connectivity index (χ2n) is 5.67. The Kier molecular flexibility index (Phi) is 5.57. The number of hydrogen-bond acceptors (Lipinski definition) is 3. The van der Waals surface area contributed by atoms with Crippen LogP contribution in [0.4, 0.5) is 4.79 Å². The van der Waals surface area contributed by atoms with E-state index in [1.807, 2.05) is 0 Å². The molecule has 1 heterocycles. The Bertz CT molecular complexity index is 358. The predicted molar refractivity (Wildman–Crippen MR) is 79.8 cm³/mol. The summed E-state index contributed by atoms with van der Waals surface area (Å²) in [7, 11) is 0. The predicted octanol–water partition coefficient (Wildman–Crippen LogP) is 2.51. The van der Waals surface area contributed by atoms with Gasteiger partial charge in [-0.2, -0.15) is 0 Å². The lowest BCUT2D eigenvalue weighted by Crippen LogP contribution is -2.50. The van der Waals surface area contributed by atoms with Gasteiger partial charge in [0.15, 0.2) is 0 Å². The number of nitrogens with one attached hydrogen (secondary N) is 1. The molecular weight excluding hydrogens is 276 g/mol. The highest BCUT2D eigenvalue weighted by molar-refractivity contribution is 8.00. The minimum Gasteiger partial charge on any atom is -0.480 e. The highest BCUT2D eigenvalue weighted by atomic mass is 32.2. The van der Waals surface area contributed by atoms with E-state index in [-0.39, 0.29) is 11.4 Å². The molecule has 0 aromatic rings. The molecular formula is C14H24N2O3S. The molecule has 0 bridgehead atoms. The van der Waals surface area contributed by atoms with E-state index in [2.05, 4.69) is 12.2 Å². The number of hydrogen-bond donors (Lipinski definition) is 2. The molecule has 0 spiro atoms. The summed E-state index contributed by atoms with van der Waals surface area (Å²) in [6, 6.07) is -0.882. The Labute approximate surface area is 124 Å². The Balaban J connectivity index is 1.93. The molecule has 1 aliphatic heterocycles. The van der Waals surface area contributed by atoms with E-state index in [4.69, 9.17) is 0 Å². The van der Waals surface area contributed by atoms with Crippen molar-refractivity contribution in [1.82, 2.24) is 10.2 Å². The van der Waals surface area contributed by atoms with E-state index >= 15 is 0 Å². The number of aliphatic carboxylic acids is 1. The highest BCUT2D eigenvalue weighted by Gasteiger charge is 2.41. The molecule has 1 saturated heterocycles. The van der Waals surface area contributed by atoms with Gasteiger partial charge in [0.2, 0.25) is 0 Å². The van der Waals surface area contributed by atoms with Gasteiger partial charge >= 0.3 is 12.0 Å². The quantitative estimate of drug-likeness (QED) is 0.818. The van der Waals surface area contributed by atoms with Gasteiger partial charge in [-0.15, -0.1) is 11.8 Å². The van der Waals surface area contributed by atoms with Gasteiger partial charge in [0.25, 0.3) is 0 Å². The van der Waals surface area contributed by atoms with Gasteiger partial charge < -0.3 is 10.4 Å². The van der Waals surface area contributed by atoms with E-state index in [1.165, 1.54) is 25.7 Å². The lowest BCUT2D eigenvalue weighted by molar-refractivity contribution is -0.141. The number of urea groups is 1. The van der Waals surface area contributed by atoms with E-state index in [1.54, 1.807) is 16.7 Å². The van der Waals surface area contributed by atoms with Crippen molar-refractivity contribution < 1.29 is 14.7 Å². The van der Waals surface area contributed by atoms with E-state index in [9.17, 15) is 14.7 Å². The molecule has 1 saturated carbocycles. The molecule has 2 unspecified atom stereocenters. The fourth-order valence-electron chi connectivity index (χ4n) is 3.03. The SMILES string of the molecule is CCCC1SCC(C(=O)O)N1C(=O)NCC1CCCC1. The van der Waals surface area contributed by atoms with Crippen LogP contribution < -0.4 is 5.32 Å². The number of carbonyl (C=O) groups is 2. The fraction of sp³-hybridized carbons (Fsp3) is 0.857. The second-order valence-corrected chi connectivity index (χ2v) is 6.89. The second kappa shape index (κ2) is 7.20. The Morgan fingerprint density at radius 2 is 2.05 bits per heavy atom. The van der Waals surface area contributed by atoms with Gasteiger partial charge in [-0.3, -0.25) is 4.90 Å². The van der Waals surface area contributed by atoms with Crippen LogP contribution in [0.3, 0.4) is 0 Å².